The van der Waals surface area contributed by atoms with Gasteiger partial charge < -0.3 is 5.41 Å². The van der Waals surface area contributed by atoms with Crippen LogP contribution >= 0.6 is 0 Å². The zero-order valence-electron chi connectivity index (χ0n) is 5.93. The Bertz CT molecular complexity index is 86.9. The Hall–Kier alpha value is -0.660. The molecule has 0 aliphatic heterocycles. The molecule has 0 atom stereocenters. The molecule has 0 aliphatic carbocycles. The largest absolute Gasteiger partial charge is 0.307 e. The van der Waals surface area contributed by atoms with Crippen LogP contribution in [0.25, 0.3) is 0 Å². The minimum absolute atomic E-state index is 0.878. The Morgan fingerprint density at radius 3 is 2.78 bits per heavy atom. The molecule has 0 saturated heterocycles. The van der Waals surface area contributed by atoms with Gasteiger partial charge in [-0.05, 0) is 6.42 Å². The second-order valence-corrected chi connectivity index (χ2v) is 1.93. The summed E-state index contributed by atoms with van der Waals surface area (Å²) in [6.07, 6.45) is 6.39. The van der Waals surface area contributed by atoms with E-state index < -0.39 is 0 Å². The molecule has 2 nitrogen and oxygen atoms in total. The first kappa shape index (κ1) is 8.34. The summed E-state index contributed by atoms with van der Waals surface area (Å²) < 4.78 is 0. The third-order valence-electron chi connectivity index (χ3n) is 1.07. The van der Waals surface area contributed by atoms with Crippen molar-refractivity contribution in [3.63, 3.8) is 0 Å². The highest BCUT2D eigenvalue weighted by Crippen LogP contribution is 1.92. The molecule has 0 spiro atoms. The minimum atomic E-state index is 0.878. The van der Waals surface area contributed by atoms with Gasteiger partial charge in [-0.2, -0.15) is 0 Å². The average molecular weight is 126 g/mol. The Morgan fingerprint density at radius 2 is 2.22 bits per heavy atom. The van der Waals surface area contributed by atoms with Crippen molar-refractivity contribution in [2.24, 2.45) is 4.99 Å². The van der Waals surface area contributed by atoms with Crippen LogP contribution in [0.1, 0.15) is 26.2 Å². The zero-order valence-corrected chi connectivity index (χ0v) is 5.93. The number of hydrogen-bond acceptors (Lipinski definition) is 2. The van der Waals surface area contributed by atoms with Gasteiger partial charge in [-0.15, -0.1) is 0 Å². The van der Waals surface area contributed by atoms with Gasteiger partial charge in [0.25, 0.3) is 0 Å². The molecule has 0 aromatic rings. The zero-order chi connectivity index (χ0) is 6.95. The number of nitrogens with one attached hydrogen (secondary N) is 1. The lowest BCUT2D eigenvalue weighted by atomic mass is 10.2. The van der Waals surface area contributed by atoms with Gasteiger partial charge in [0, 0.05) is 19.0 Å². The van der Waals surface area contributed by atoms with Crippen molar-refractivity contribution in [3.05, 3.63) is 0 Å². The van der Waals surface area contributed by atoms with Gasteiger partial charge in [-0.3, -0.25) is 4.99 Å². The summed E-state index contributed by atoms with van der Waals surface area (Å²) in [7, 11) is 0. The van der Waals surface area contributed by atoms with Crippen molar-refractivity contribution < 1.29 is 0 Å². The Kier molecular flexibility index (Phi) is 6.80. The minimum Gasteiger partial charge on any atom is -0.307 e. The van der Waals surface area contributed by atoms with Gasteiger partial charge in [0.1, 0.15) is 0 Å². The van der Waals surface area contributed by atoms with E-state index in [0.717, 1.165) is 13.0 Å². The fourth-order valence-corrected chi connectivity index (χ4v) is 0.580. The van der Waals surface area contributed by atoms with E-state index >= 15 is 0 Å². The predicted molar refractivity (Wildman–Crippen MR) is 41.7 cm³/mol. The van der Waals surface area contributed by atoms with Crippen molar-refractivity contribution >= 4 is 12.4 Å². The standard InChI is InChI=1S/C7H14N2/c1-2-3-4-6-9-7-5-8/h5,7-8H,2-4,6H2,1H3. The smallest absolute Gasteiger partial charge is 0.0389 e. The molecule has 0 rings (SSSR count). The van der Waals surface area contributed by atoms with Crippen LogP contribution in [0.3, 0.4) is 0 Å². The lowest BCUT2D eigenvalue weighted by molar-refractivity contribution is 0.730. The molecule has 52 valence electrons. The highest BCUT2D eigenvalue weighted by Gasteiger charge is 1.79. The molecule has 0 aromatic heterocycles. The summed E-state index contributed by atoms with van der Waals surface area (Å²) >= 11 is 0. The molecule has 0 aliphatic rings. The molecule has 2 heteroatoms. The number of rotatable bonds is 5. The first-order chi connectivity index (χ1) is 4.41. The van der Waals surface area contributed by atoms with E-state index in [9.17, 15) is 0 Å². The lowest BCUT2D eigenvalue weighted by Crippen LogP contribution is -1.81. The second-order valence-electron chi connectivity index (χ2n) is 1.93. The summed E-state index contributed by atoms with van der Waals surface area (Å²) in [6, 6.07) is 0. The quantitative estimate of drug-likeness (QED) is 0.431. The normalized spacial score (nSPS) is 10.3. The SMILES string of the molecule is CCCCCN=CC=N. The van der Waals surface area contributed by atoms with Gasteiger partial charge in [-0.25, -0.2) is 0 Å². The molecule has 0 bridgehead atoms. The van der Waals surface area contributed by atoms with Crippen LogP contribution in [0.15, 0.2) is 4.99 Å². The van der Waals surface area contributed by atoms with Crippen molar-refractivity contribution in [2.45, 2.75) is 26.2 Å². The number of unbranched alkanes of at least 4 members (excludes halogenated alkanes) is 2. The number of aliphatic imine (C=N–C) groups is 1. The van der Waals surface area contributed by atoms with Crippen LogP contribution in [-0.2, 0) is 0 Å². The maximum Gasteiger partial charge on any atom is 0.0389 e. The number of nitrogens with zero attached hydrogens (tertiary/aromatic N) is 1. The third-order valence-corrected chi connectivity index (χ3v) is 1.07. The lowest BCUT2D eigenvalue weighted by Gasteiger charge is -1.89. The molecule has 0 heterocycles. The van der Waals surface area contributed by atoms with Crippen LogP contribution in [0, 0.1) is 5.41 Å². The summed E-state index contributed by atoms with van der Waals surface area (Å²) in [5.41, 5.74) is 0. The van der Waals surface area contributed by atoms with Crippen LogP contribution in [-0.4, -0.2) is 19.0 Å². The Morgan fingerprint density at radius 1 is 1.44 bits per heavy atom. The van der Waals surface area contributed by atoms with Gasteiger partial charge in [0.2, 0.25) is 0 Å². The molecule has 0 aromatic carbocycles. The second kappa shape index (κ2) is 7.34. The van der Waals surface area contributed by atoms with Crippen molar-refractivity contribution in [3.8, 4) is 0 Å². The van der Waals surface area contributed by atoms with Gasteiger partial charge in [0.15, 0.2) is 0 Å². The highest BCUT2D eigenvalue weighted by molar-refractivity contribution is 6.14. The molecule has 0 radical (unpaired) electrons. The summed E-state index contributed by atoms with van der Waals surface area (Å²) in [5, 5.41) is 6.61. The highest BCUT2D eigenvalue weighted by atomic mass is 14.7. The maximum atomic E-state index is 6.61. The van der Waals surface area contributed by atoms with E-state index in [4.69, 9.17) is 5.41 Å². The average Bonchev–Trinajstić information content (AvgIpc) is 1.89. The van der Waals surface area contributed by atoms with Crippen LogP contribution in [0.2, 0.25) is 0 Å². The first-order valence-electron chi connectivity index (χ1n) is 3.40. The van der Waals surface area contributed by atoms with E-state index in [0.29, 0.717) is 0 Å². The number of hydrogen-bond donors (Lipinski definition) is 1. The third kappa shape index (κ3) is 7.34. The van der Waals surface area contributed by atoms with Crippen molar-refractivity contribution in [1.29, 1.82) is 5.41 Å². The van der Waals surface area contributed by atoms with E-state index in [1.165, 1.54) is 25.3 Å². The van der Waals surface area contributed by atoms with Crippen LogP contribution in [0.4, 0.5) is 0 Å². The molecule has 0 unspecified atom stereocenters. The Labute approximate surface area is 56.5 Å². The van der Waals surface area contributed by atoms with E-state index in [-0.39, 0.29) is 0 Å². The Balaban J connectivity index is 2.90. The van der Waals surface area contributed by atoms with Crippen LogP contribution in [0.5, 0.6) is 0 Å². The van der Waals surface area contributed by atoms with Crippen molar-refractivity contribution in [2.75, 3.05) is 6.54 Å². The monoisotopic (exact) mass is 126 g/mol. The predicted octanol–water partition coefficient (Wildman–Crippen LogP) is 1.90. The van der Waals surface area contributed by atoms with Gasteiger partial charge in [-0.1, -0.05) is 19.8 Å². The van der Waals surface area contributed by atoms with E-state index in [1.54, 1.807) is 0 Å². The maximum absolute atomic E-state index is 6.61. The fourth-order valence-electron chi connectivity index (χ4n) is 0.580. The molecule has 9 heavy (non-hydrogen) atoms. The molecule has 0 amide bonds. The van der Waals surface area contributed by atoms with Crippen molar-refractivity contribution in [1.82, 2.24) is 0 Å². The van der Waals surface area contributed by atoms with Gasteiger partial charge in [0.05, 0.1) is 0 Å². The first-order valence-corrected chi connectivity index (χ1v) is 3.40. The van der Waals surface area contributed by atoms with E-state index in [1.807, 2.05) is 0 Å². The topological polar surface area (TPSA) is 36.2 Å². The fraction of sp³-hybridized carbons (Fsp3) is 0.714. The summed E-state index contributed by atoms with van der Waals surface area (Å²) in [6.45, 7) is 3.05. The molecule has 1 N–H and O–H groups in total. The summed E-state index contributed by atoms with van der Waals surface area (Å²) in [4.78, 5) is 3.96. The molecule has 0 saturated carbocycles. The van der Waals surface area contributed by atoms with Gasteiger partial charge >= 0.3 is 0 Å². The summed E-state index contributed by atoms with van der Waals surface area (Å²) in [5.74, 6) is 0. The molecular weight excluding hydrogens is 112 g/mol. The molecule has 0 fully saturated rings. The van der Waals surface area contributed by atoms with E-state index in [2.05, 4.69) is 11.9 Å². The molecular formula is C7H14N2. The van der Waals surface area contributed by atoms with Crippen LogP contribution < -0.4 is 0 Å².